The molecule has 1 aromatic rings. The van der Waals surface area contributed by atoms with Gasteiger partial charge < -0.3 is 14.2 Å². The van der Waals surface area contributed by atoms with Gasteiger partial charge in [0.15, 0.2) is 11.5 Å². The largest absolute Gasteiger partial charge is 0.493 e. The molecule has 3 nitrogen and oxygen atoms in total. The smallest absolute Gasteiger partial charge is 0.165 e. The van der Waals surface area contributed by atoms with E-state index < -0.39 is 0 Å². The molecule has 1 heterocycles. The number of fused-ring (bicyclic) bond motifs is 1. The van der Waals surface area contributed by atoms with E-state index in [-0.39, 0.29) is 5.60 Å². The Morgan fingerprint density at radius 1 is 1.33 bits per heavy atom. The third kappa shape index (κ3) is 2.50. The summed E-state index contributed by atoms with van der Waals surface area (Å²) in [6.07, 6.45) is 5.77. The second-order valence-corrected chi connectivity index (χ2v) is 4.68. The van der Waals surface area contributed by atoms with Crippen LogP contribution >= 0.6 is 0 Å². The van der Waals surface area contributed by atoms with Crippen molar-refractivity contribution < 1.29 is 14.2 Å². The molecule has 96 valence electrons. The molecule has 3 heteroatoms. The Bertz CT molecular complexity index is 487. The summed E-state index contributed by atoms with van der Waals surface area (Å²) in [4.78, 5) is 0. The van der Waals surface area contributed by atoms with E-state index in [0.717, 1.165) is 11.3 Å². The molecular formula is C15H18O3. The van der Waals surface area contributed by atoms with E-state index in [1.165, 1.54) is 0 Å². The maximum absolute atomic E-state index is 5.89. The molecule has 0 saturated carbocycles. The Balaban J connectivity index is 2.39. The standard InChI is InChI=1S/C15H18O3/c1-5-8-17-14-10-12-11(9-13(14)16-4)6-7-15(2,3)18-12/h5-7,9-10H,1,8H2,2-4H3. The summed E-state index contributed by atoms with van der Waals surface area (Å²) in [6.45, 7) is 8.10. The van der Waals surface area contributed by atoms with Gasteiger partial charge in [-0.3, -0.25) is 0 Å². The maximum Gasteiger partial charge on any atom is 0.165 e. The average molecular weight is 246 g/mol. The second kappa shape index (κ2) is 4.77. The summed E-state index contributed by atoms with van der Waals surface area (Å²) in [5.41, 5.74) is 0.703. The average Bonchev–Trinajstić information content (AvgIpc) is 2.34. The third-order valence-electron chi connectivity index (χ3n) is 2.69. The van der Waals surface area contributed by atoms with Crippen LogP contribution in [-0.2, 0) is 0 Å². The summed E-state index contributed by atoms with van der Waals surface area (Å²) in [5.74, 6) is 2.17. The van der Waals surface area contributed by atoms with Crippen LogP contribution in [0, 0.1) is 0 Å². The normalized spacial score (nSPS) is 15.5. The molecule has 1 aliphatic heterocycles. The number of rotatable bonds is 4. The fraction of sp³-hybridized carbons (Fsp3) is 0.333. The Labute approximate surface area is 108 Å². The fourth-order valence-electron chi connectivity index (χ4n) is 1.80. The number of benzene rings is 1. The molecule has 1 aromatic carbocycles. The molecule has 18 heavy (non-hydrogen) atoms. The van der Waals surface area contributed by atoms with E-state index in [0.29, 0.717) is 18.1 Å². The molecule has 0 radical (unpaired) electrons. The Morgan fingerprint density at radius 2 is 2.11 bits per heavy atom. The minimum atomic E-state index is -0.294. The van der Waals surface area contributed by atoms with Crippen LogP contribution < -0.4 is 14.2 Å². The van der Waals surface area contributed by atoms with Gasteiger partial charge >= 0.3 is 0 Å². The van der Waals surface area contributed by atoms with Gasteiger partial charge in [0.1, 0.15) is 18.0 Å². The highest BCUT2D eigenvalue weighted by molar-refractivity contribution is 5.66. The first kappa shape index (κ1) is 12.6. The molecule has 0 bridgehead atoms. The molecule has 0 aromatic heterocycles. The highest BCUT2D eigenvalue weighted by Crippen LogP contribution is 2.39. The number of hydrogen-bond donors (Lipinski definition) is 0. The van der Waals surface area contributed by atoms with Crippen molar-refractivity contribution in [1.29, 1.82) is 0 Å². The van der Waals surface area contributed by atoms with Crippen molar-refractivity contribution in [1.82, 2.24) is 0 Å². The van der Waals surface area contributed by atoms with E-state index in [2.05, 4.69) is 6.58 Å². The van der Waals surface area contributed by atoms with Crippen LogP contribution in [0.5, 0.6) is 17.2 Å². The van der Waals surface area contributed by atoms with E-state index in [9.17, 15) is 0 Å². The summed E-state index contributed by atoms with van der Waals surface area (Å²) >= 11 is 0. The minimum absolute atomic E-state index is 0.294. The highest BCUT2D eigenvalue weighted by atomic mass is 16.5. The lowest BCUT2D eigenvalue weighted by atomic mass is 10.0. The van der Waals surface area contributed by atoms with Gasteiger partial charge in [0, 0.05) is 11.6 Å². The summed E-state index contributed by atoms with van der Waals surface area (Å²) in [7, 11) is 1.62. The zero-order valence-electron chi connectivity index (χ0n) is 11.0. The minimum Gasteiger partial charge on any atom is -0.493 e. The lowest BCUT2D eigenvalue weighted by Crippen LogP contribution is -2.27. The quantitative estimate of drug-likeness (QED) is 0.762. The van der Waals surface area contributed by atoms with Gasteiger partial charge in [0.05, 0.1) is 7.11 Å². The van der Waals surface area contributed by atoms with Crippen molar-refractivity contribution in [3.63, 3.8) is 0 Å². The van der Waals surface area contributed by atoms with E-state index in [1.54, 1.807) is 13.2 Å². The zero-order valence-corrected chi connectivity index (χ0v) is 11.0. The molecular weight excluding hydrogens is 228 g/mol. The second-order valence-electron chi connectivity index (χ2n) is 4.68. The fourth-order valence-corrected chi connectivity index (χ4v) is 1.80. The molecule has 0 spiro atoms. The van der Waals surface area contributed by atoms with E-state index in [1.807, 2.05) is 38.1 Å². The maximum atomic E-state index is 5.89. The van der Waals surface area contributed by atoms with Gasteiger partial charge in [-0.15, -0.1) is 0 Å². The lowest BCUT2D eigenvalue weighted by Gasteiger charge is -2.28. The molecule has 0 atom stereocenters. The van der Waals surface area contributed by atoms with Crippen molar-refractivity contribution in [2.45, 2.75) is 19.4 Å². The highest BCUT2D eigenvalue weighted by Gasteiger charge is 2.23. The van der Waals surface area contributed by atoms with Crippen molar-refractivity contribution in [3.8, 4) is 17.2 Å². The van der Waals surface area contributed by atoms with Crippen molar-refractivity contribution in [2.75, 3.05) is 13.7 Å². The van der Waals surface area contributed by atoms with Crippen molar-refractivity contribution >= 4 is 6.08 Å². The zero-order chi connectivity index (χ0) is 13.2. The monoisotopic (exact) mass is 246 g/mol. The van der Waals surface area contributed by atoms with E-state index in [4.69, 9.17) is 14.2 Å². The van der Waals surface area contributed by atoms with Crippen LogP contribution in [0.3, 0.4) is 0 Å². The van der Waals surface area contributed by atoms with Gasteiger partial charge in [0.25, 0.3) is 0 Å². The van der Waals surface area contributed by atoms with Crippen LogP contribution in [0.2, 0.25) is 0 Å². The molecule has 0 amide bonds. The number of methoxy groups -OCH3 is 1. The molecule has 1 aliphatic rings. The van der Waals surface area contributed by atoms with Gasteiger partial charge in [-0.25, -0.2) is 0 Å². The van der Waals surface area contributed by atoms with E-state index >= 15 is 0 Å². The molecule has 0 saturated heterocycles. The first-order chi connectivity index (χ1) is 8.55. The topological polar surface area (TPSA) is 27.7 Å². The molecule has 0 fully saturated rings. The summed E-state index contributed by atoms with van der Waals surface area (Å²) in [6, 6.07) is 3.78. The van der Waals surface area contributed by atoms with Crippen LogP contribution in [0.25, 0.3) is 6.08 Å². The predicted molar refractivity (Wildman–Crippen MR) is 72.4 cm³/mol. The first-order valence-electron chi connectivity index (χ1n) is 5.90. The molecule has 0 aliphatic carbocycles. The first-order valence-corrected chi connectivity index (χ1v) is 5.90. The molecule has 0 N–H and O–H groups in total. The molecule has 2 rings (SSSR count). The Morgan fingerprint density at radius 3 is 2.78 bits per heavy atom. The van der Waals surface area contributed by atoms with Crippen molar-refractivity contribution in [3.05, 3.63) is 36.4 Å². The van der Waals surface area contributed by atoms with Crippen LogP contribution in [0.4, 0.5) is 0 Å². The number of hydrogen-bond acceptors (Lipinski definition) is 3. The SMILES string of the molecule is C=CCOc1cc2c(cc1OC)C=CC(C)(C)O2. The Hall–Kier alpha value is -1.90. The summed E-state index contributed by atoms with van der Waals surface area (Å²) < 4.78 is 16.8. The third-order valence-corrected chi connectivity index (χ3v) is 2.69. The van der Waals surface area contributed by atoms with Gasteiger partial charge in [-0.1, -0.05) is 18.7 Å². The van der Waals surface area contributed by atoms with Crippen molar-refractivity contribution in [2.24, 2.45) is 0 Å². The summed E-state index contributed by atoms with van der Waals surface area (Å²) in [5, 5.41) is 0. The number of ether oxygens (including phenoxy) is 3. The lowest BCUT2D eigenvalue weighted by molar-refractivity contribution is 0.158. The van der Waals surface area contributed by atoms with Crippen LogP contribution in [0.1, 0.15) is 19.4 Å². The van der Waals surface area contributed by atoms with Gasteiger partial charge in [0.2, 0.25) is 0 Å². The Kier molecular flexibility index (Phi) is 3.32. The van der Waals surface area contributed by atoms with Gasteiger partial charge in [-0.2, -0.15) is 0 Å². The van der Waals surface area contributed by atoms with Crippen LogP contribution in [-0.4, -0.2) is 19.3 Å². The van der Waals surface area contributed by atoms with Crippen LogP contribution in [0.15, 0.2) is 30.9 Å². The van der Waals surface area contributed by atoms with Gasteiger partial charge in [-0.05, 0) is 26.0 Å². The predicted octanol–water partition coefficient (Wildman–Crippen LogP) is 3.44. The molecule has 0 unspecified atom stereocenters.